The van der Waals surface area contributed by atoms with Gasteiger partial charge < -0.3 is 26.0 Å². The molecule has 0 unspecified atom stereocenters. The molecule has 0 radical (unpaired) electrons. The lowest BCUT2D eigenvalue weighted by atomic mass is 10.1. The molecule has 2 aromatic heterocycles. The Morgan fingerprint density at radius 2 is 2.06 bits per heavy atom. The Morgan fingerprint density at radius 3 is 2.79 bits per heavy atom. The zero-order valence-corrected chi connectivity index (χ0v) is 20.1. The van der Waals surface area contributed by atoms with Gasteiger partial charge in [0.05, 0.1) is 6.33 Å². The van der Waals surface area contributed by atoms with Gasteiger partial charge in [-0.05, 0) is 51.1 Å². The van der Waals surface area contributed by atoms with Gasteiger partial charge in [-0.2, -0.15) is 0 Å². The Morgan fingerprint density at radius 1 is 1.24 bits per heavy atom. The molecule has 10 nitrogen and oxygen atoms in total. The fraction of sp³-hybridized carbons (Fsp3) is 0.522. The van der Waals surface area contributed by atoms with Crippen LogP contribution in [0.5, 0.6) is 0 Å². The number of hydrogen-bond acceptors (Lipinski definition) is 9. The summed E-state index contributed by atoms with van der Waals surface area (Å²) in [6.45, 7) is 6.56. The third-order valence-electron chi connectivity index (χ3n) is 6.11. The monoisotopic (exact) mass is 489 g/mol. The van der Waals surface area contributed by atoms with Crippen molar-refractivity contribution in [2.24, 2.45) is 5.73 Å². The highest BCUT2D eigenvalue weighted by molar-refractivity contribution is 6.30. The minimum atomic E-state index is -1.12. The van der Waals surface area contributed by atoms with Crippen LogP contribution < -0.4 is 11.1 Å². The number of aliphatic hydroxyl groups excluding tert-OH is 2. The van der Waals surface area contributed by atoms with Gasteiger partial charge in [-0.1, -0.05) is 23.7 Å². The van der Waals surface area contributed by atoms with Crippen molar-refractivity contribution >= 4 is 28.6 Å². The molecule has 5 N–H and O–H groups in total. The molecule has 1 aromatic carbocycles. The first-order valence-corrected chi connectivity index (χ1v) is 11.9. The highest BCUT2D eigenvalue weighted by atomic mass is 35.5. The van der Waals surface area contributed by atoms with E-state index in [0.717, 1.165) is 18.5 Å². The van der Waals surface area contributed by atoms with Gasteiger partial charge in [0.25, 0.3) is 0 Å². The van der Waals surface area contributed by atoms with Crippen molar-refractivity contribution in [2.45, 2.75) is 57.4 Å². The van der Waals surface area contributed by atoms with Crippen LogP contribution in [0.15, 0.2) is 36.9 Å². The Balaban J connectivity index is 1.51. The number of aromatic nitrogens is 4. The van der Waals surface area contributed by atoms with Crippen molar-refractivity contribution < 1.29 is 14.9 Å². The summed E-state index contributed by atoms with van der Waals surface area (Å²) in [6.07, 6.45) is 0.308. The molecule has 1 fully saturated rings. The van der Waals surface area contributed by atoms with E-state index in [1.54, 1.807) is 10.9 Å². The summed E-state index contributed by atoms with van der Waals surface area (Å²) < 4.78 is 7.78. The van der Waals surface area contributed by atoms with E-state index in [2.05, 4.69) is 39.0 Å². The van der Waals surface area contributed by atoms with Gasteiger partial charge in [-0.25, -0.2) is 15.0 Å². The van der Waals surface area contributed by atoms with Crippen LogP contribution in [-0.2, 0) is 11.3 Å². The van der Waals surface area contributed by atoms with E-state index in [4.69, 9.17) is 22.1 Å². The summed E-state index contributed by atoms with van der Waals surface area (Å²) in [5.74, 6) is 0.557. The second-order valence-electron chi connectivity index (χ2n) is 8.81. The lowest BCUT2D eigenvalue weighted by Gasteiger charge is -2.29. The van der Waals surface area contributed by atoms with E-state index in [1.165, 1.54) is 6.33 Å². The number of anilines is 1. The normalized spacial score (nSPS) is 22.8. The highest BCUT2D eigenvalue weighted by Crippen LogP contribution is 2.33. The largest absolute Gasteiger partial charge is 0.387 e. The SMILES string of the molecule is CC(C)N(CCCN)C[C@H]1O[C@@H](n2cnc3c(NCc4cccc(Cl)c4)ncnc32)[C@H](O)[C@@H]1O. The van der Waals surface area contributed by atoms with Crippen LogP contribution in [0, 0.1) is 0 Å². The van der Waals surface area contributed by atoms with E-state index in [1.807, 2.05) is 24.3 Å². The van der Waals surface area contributed by atoms with E-state index in [0.29, 0.717) is 41.6 Å². The highest BCUT2D eigenvalue weighted by Gasteiger charge is 2.45. The summed E-state index contributed by atoms with van der Waals surface area (Å²) >= 11 is 6.07. The second kappa shape index (κ2) is 10.9. The van der Waals surface area contributed by atoms with Gasteiger partial charge in [0.15, 0.2) is 23.2 Å². The fourth-order valence-corrected chi connectivity index (χ4v) is 4.41. The van der Waals surface area contributed by atoms with Crippen LogP contribution in [0.4, 0.5) is 5.82 Å². The molecule has 4 rings (SSSR count). The Hall–Kier alpha value is -2.34. The number of nitrogens with zero attached hydrogens (tertiary/aromatic N) is 5. The van der Waals surface area contributed by atoms with Gasteiger partial charge in [0, 0.05) is 24.2 Å². The first-order valence-electron chi connectivity index (χ1n) is 11.5. The van der Waals surface area contributed by atoms with Gasteiger partial charge in [-0.15, -0.1) is 0 Å². The Labute approximate surface area is 203 Å². The van der Waals surface area contributed by atoms with Crippen molar-refractivity contribution in [2.75, 3.05) is 25.0 Å². The predicted molar refractivity (Wildman–Crippen MR) is 130 cm³/mol. The van der Waals surface area contributed by atoms with Gasteiger partial charge in [-0.3, -0.25) is 9.47 Å². The minimum absolute atomic E-state index is 0.258. The molecule has 0 saturated carbocycles. The molecule has 1 aliphatic rings. The molecule has 0 bridgehead atoms. The molecular weight excluding hydrogens is 458 g/mol. The molecular formula is C23H32ClN7O3. The smallest absolute Gasteiger partial charge is 0.167 e. The van der Waals surface area contributed by atoms with Crippen LogP contribution in [0.25, 0.3) is 11.2 Å². The molecule has 0 spiro atoms. The van der Waals surface area contributed by atoms with E-state index in [9.17, 15) is 10.2 Å². The topological polar surface area (TPSA) is 135 Å². The van der Waals surface area contributed by atoms with Gasteiger partial charge in [0.2, 0.25) is 0 Å². The number of aliphatic hydroxyl groups is 2. The second-order valence-corrected chi connectivity index (χ2v) is 9.24. The van der Waals surface area contributed by atoms with E-state index < -0.39 is 24.5 Å². The molecule has 3 aromatic rings. The van der Waals surface area contributed by atoms with Crippen LogP contribution in [0.1, 0.15) is 32.1 Å². The minimum Gasteiger partial charge on any atom is -0.387 e. The molecule has 3 heterocycles. The number of nitrogens with two attached hydrogens (primary N) is 1. The number of rotatable bonds is 10. The first-order chi connectivity index (χ1) is 16.4. The molecule has 0 aliphatic carbocycles. The molecule has 34 heavy (non-hydrogen) atoms. The van der Waals surface area contributed by atoms with E-state index >= 15 is 0 Å². The molecule has 11 heteroatoms. The maximum Gasteiger partial charge on any atom is 0.167 e. The van der Waals surface area contributed by atoms with Crippen molar-refractivity contribution in [1.82, 2.24) is 24.4 Å². The van der Waals surface area contributed by atoms with E-state index in [-0.39, 0.29) is 6.04 Å². The summed E-state index contributed by atoms with van der Waals surface area (Å²) in [7, 11) is 0. The van der Waals surface area contributed by atoms with Crippen LogP contribution in [0.2, 0.25) is 5.02 Å². The lowest BCUT2D eigenvalue weighted by molar-refractivity contribution is -0.0468. The van der Waals surface area contributed by atoms with Gasteiger partial charge in [0.1, 0.15) is 24.6 Å². The number of nitrogens with one attached hydrogen (secondary N) is 1. The summed E-state index contributed by atoms with van der Waals surface area (Å²) in [6, 6.07) is 7.81. The third kappa shape index (κ3) is 5.32. The maximum atomic E-state index is 10.8. The Kier molecular flexibility index (Phi) is 7.97. The zero-order chi connectivity index (χ0) is 24.2. The molecule has 0 amide bonds. The fourth-order valence-electron chi connectivity index (χ4n) is 4.20. The number of imidazole rings is 1. The zero-order valence-electron chi connectivity index (χ0n) is 19.4. The van der Waals surface area contributed by atoms with Crippen molar-refractivity contribution in [3.05, 3.63) is 47.5 Å². The summed E-state index contributed by atoms with van der Waals surface area (Å²) in [4.78, 5) is 15.3. The number of halogens is 1. The average Bonchev–Trinajstić information content (AvgIpc) is 3.36. The quantitative estimate of drug-likeness (QED) is 0.336. The van der Waals surface area contributed by atoms with Crippen molar-refractivity contribution in [3.8, 4) is 0 Å². The summed E-state index contributed by atoms with van der Waals surface area (Å²) in [5, 5.41) is 25.5. The summed E-state index contributed by atoms with van der Waals surface area (Å²) in [5.41, 5.74) is 7.72. The van der Waals surface area contributed by atoms with Gasteiger partial charge >= 0.3 is 0 Å². The predicted octanol–water partition coefficient (Wildman–Crippen LogP) is 1.77. The number of ether oxygens (including phenoxy) is 1. The lowest BCUT2D eigenvalue weighted by Crippen LogP contribution is -2.43. The standard InChI is InChI=1S/C23H32ClN7O3/c1-14(2)30(8-4-7-25)11-17-19(32)20(33)23(34-17)31-13-29-18-21(27-12-28-22(18)31)26-10-15-5-3-6-16(24)9-15/h3,5-6,9,12-14,17,19-20,23,32-33H,4,7-8,10-11,25H2,1-2H3,(H,26,27,28)/t17-,19-,20-,23-/m1/s1. The number of fused-ring (bicyclic) bond motifs is 1. The molecule has 1 aliphatic heterocycles. The third-order valence-corrected chi connectivity index (χ3v) is 6.35. The number of hydrogen-bond donors (Lipinski definition) is 4. The van der Waals surface area contributed by atoms with Crippen molar-refractivity contribution in [3.63, 3.8) is 0 Å². The van der Waals surface area contributed by atoms with Crippen molar-refractivity contribution in [1.29, 1.82) is 0 Å². The molecule has 4 atom stereocenters. The number of benzene rings is 1. The van der Waals surface area contributed by atoms with Crippen LogP contribution in [0.3, 0.4) is 0 Å². The molecule has 184 valence electrons. The maximum absolute atomic E-state index is 10.8. The van der Waals surface area contributed by atoms with Crippen LogP contribution in [-0.4, -0.2) is 78.6 Å². The Bertz CT molecular complexity index is 1100. The average molecular weight is 490 g/mol. The first kappa shape index (κ1) is 24.8. The molecule has 1 saturated heterocycles. The van der Waals surface area contributed by atoms with Crippen LogP contribution >= 0.6 is 11.6 Å².